The zero-order valence-electron chi connectivity index (χ0n) is 7.93. The molecule has 2 nitrogen and oxygen atoms in total. The van der Waals surface area contributed by atoms with E-state index in [2.05, 4.69) is 0 Å². The van der Waals surface area contributed by atoms with E-state index in [1.807, 2.05) is 43.4 Å². The monoisotopic (exact) mass is 270 g/mol. The Hall–Kier alpha value is -0.464. The Balaban J connectivity index is 0. The number of halogens is 1. The fourth-order valence-electron chi connectivity index (χ4n) is 0.335. The summed E-state index contributed by atoms with van der Waals surface area (Å²) < 4.78 is 0. The molecule has 0 heterocycles. The zero-order chi connectivity index (χ0) is 11.2. The van der Waals surface area contributed by atoms with Crippen molar-refractivity contribution in [2.75, 3.05) is 0 Å². The van der Waals surface area contributed by atoms with Gasteiger partial charge in [-0.25, -0.2) is 12.1 Å². The Labute approximate surface area is 95.8 Å². The Morgan fingerprint density at radius 2 is 1.57 bits per heavy atom. The van der Waals surface area contributed by atoms with Gasteiger partial charge >= 0.3 is 33.2 Å². The van der Waals surface area contributed by atoms with Crippen molar-refractivity contribution in [1.82, 2.24) is 0 Å². The first kappa shape index (κ1) is 16.0. The third-order valence-electron chi connectivity index (χ3n) is 0.628. The summed E-state index contributed by atoms with van der Waals surface area (Å²) in [4.78, 5) is 20.7. The molecule has 14 heavy (non-hydrogen) atoms. The van der Waals surface area contributed by atoms with Crippen LogP contribution in [-0.4, -0.2) is 17.7 Å². The van der Waals surface area contributed by atoms with Crippen LogP contribution in [0, 0.1) is 0 Å². The predicted octanol–water partition coefficient (Wildman–Crippen LogP) is 2.09. The second-order valence-corrected chi connectivity index (χ2v) is 6.82. The van der Waals surface area contributed by atoms with E-state index in [9.17, 15) is 0 Å². The molecule has 1 aromatic carbocycles. The minimum Gasteiger partial charge on any atom is -0.214 e. The van der Waals surface area contributed by atoms with Crippen LogP contribution >= 0.6 is 11.1 Å². The molecule has 0 spiro atoms. The van der Waals surface area contributed by atoms with E-state index >= 15 is 0 Å². The van der Waals surface area contributed by atoms with Gasteiger partial charge in [-0.1, -0.05) is 13.1 Å². The summed E-state index contributed by atoms with van der Waals surface area (Å²) >= 11 is 5.15. The normalized spacial score (nSPS) is 7.14. The Morgan fingerprint density at radius 3 is 1.64 bits per heavy atom. The maximum Gasteiger partial charge on any atom is -0.172 e. The molecule has 5 heteroatoms. The van der Waals surface area contributed by atoms with Gasteiger partial charge in [0.15, 0.2) is 8.11 Å². The standard InChI is InChI=1S/C5H5.C2H6ClSi.2CO.Fe/c1-2-4-5-3-1;1-4(2)3;2*1-2;/h1-5H;1-2H3;;;/q-1;;;;. The molecule has 0 saturated carbocycles. The molecular weight excluding hydrogens is 259 g/mol. The van der Waals surface area contributed by atoms with Crippen LogP contribution < -0.4 is 0 Å². The summed E-state index contributed by atoms with van der Waals surface area (Å²) in [6.45, 7) is 4.07. The van der Waals surface area contributed by atoms with E-state index < -0.39 is 8.11 Å². The van der Waals surface area contributed by atoms with Gasteiger partial charge in [0.25, 0.3) is 0 Å². The van der Waals surface area contributed by atoms with Crippen molar-refractivity contribution < 1.29 is 23.7 Å². The van der Waals surface area contributed by atoms with Crippen LogP contribution in [0.1, 0.15) is 0 Å². The van der Waals surface area contributed by atoms with Crippen molar-refractivity contribution >= 4 is 28.8 Å². The number of rotatable bonds is 0. The molecule has 0 N–H and O–H groups in total. The van der Waals surface area contributed by atoms with Crippen LogP contribution in [0.5, 0.6) is 0 Å². The zero-order valence-corrected chi connectivity index (χ0v) is 10.8. The van der Waals surface area contributed by atoms with Crippen molar-refractivity contribution in [3.63, 3.8) is 0 Å². The van der Waals surface area contributed by atoms with Crippen LogP contribution in [0.3, 0.4) is 0 Å². The molecule has 0 fully saturated rings. The van der Waals surface area contributed by atoms with Crippen molar-refractivity contribution in [3.8, 4) is 0 Å². The summed E-state index contributed by atoms with van der Waals surface area (Å²) in [5.41, 5.74) is 0. The Kier molecular flexibility index (Phi) is 17.2. The fourth-order valence-corrected chi connectivity index (χ4v) is 0.381. The van der Waals surface area contributed by atoms with Crippen LogP contribution in [0.15, 0.2) is 30.3 Å². The Morgan fingerprint density at radius 1 is 1.21 bits per heavy atom. The second-order valence-electron chi connectivity index (χ2n) is 2.07. The maximum absolute atomic E-state index is 9.02. The van der Waals surface area contributed by atoms with E-state index in [0.29, 0.717) is 0 Å². The first-order valence-corrected chi connectivity index (χ1v) is 8.23. The minimum atomic E-state index is -0.407. The van der Waals surface area contributed by atoms with Gasteiger partial charge in [-0.3, -0.25) is 0 Å². The molecule has 0 atom stereocenters. The molecule has 1 aromatic rings. The van der Waals surface area contributed by atoms with Crippen molar-refractivity contribution in [3.05, 3.63) is 30.3 Å². The molecule has 0 aromatic heterocycles. The fraction of sp³-hybridized carbons (Fsp3) is 0.222. The number of hydrogen-bond donors (Lipinski definition) is 0. The van der Waals surface area contributed by atoms with E-state index in [4.69, 9.17) is 20.7 Å². The molecule has 0 unspecified atom stereocenters. The van der Waals surface area contributed by atoms with Gasteiger partial charge in [-0.15, -0.1) is 0 Å². The second kappa shape index (κ2) is 15.0. The van der Waals surface area contributed by atoms with Crippen LogP contribution in [0.2, 0.25) is 13.1 Å². The molecule has 0 amide bonds. The van der Waals surface area contributed by atoms with Crippen molar-refractivity contribution in [2.45, 2.75) is 13.1 Å². The topological polar surface area (TPSA) is 34.1 Å². The third-order valence-corrected chi connectivity index (χ3v) is 0.853. The molecule has 0 aliphatic rings. The summed E-state index contributed by atoms with van der Waals surface area (Å²) in [7, 11) is -0.407. The summed E-state index contributed by atoms with van der Waals surface area (Å²) in [6.07, 6.45) is 0. The van der Waals surface area contributed by atoms with Gasteiger partial charge in [0.1, 0.15) is 0 Å². The average Bonchev–Trinajstić information content (AvgIpc) is 2.61. The number of carbonyl (C=O) groups excluding carboxylic acids is 2. The molecule has 1 rings (SSSR count). The summed E-state index contributed by atoms with van der Waals surface area (Å²) in [5, 5.41) is 0. The molecule has 0 saturated heterocycles. The first-order chi connectivity index (χ1) is 6.65. The molecule has 0 aliphatic carbocycles. The SMILES string of the molecule is C[Si](C)Cl.O=[C]=[Fe]=[C]=O.c1cc[cH-]c1. The van der Waals surface area contributed by atoms with Crippen molar-refractivity contribution in [2.24, 2.45) is 0 Å². The minimum absolute atomic E-state index is 0.222. The third kappa shape index (κ3) is 30.0. The van der Waals surface area contributed by atoms with Crippen LogP contribution in [0.4, 0.5) is 0 Å². The van der Waals surface area contributed by atoms with Gasteiger partial charge in [-0.05, 0) is 0 Å². The molecular formula is C9H11ClFeO2Si-. The van der Waals surface area contributed by atoms with Gasteiger partial charge in [0, 0.05) is 0 Å². The summed E-state index contributed by atoms with van der Waals surface area (Å²) in [5.74, 6) is 0. The quantitative estimate of drug-likeness (QED) is 0.411. The van der Waals surface area contributed by atoms with Gasteiger partial charge in [-0.2, -0.15) is 29.3 Å². The van der Waals surface area contributed by atoms with Gasteiger partial charge in [0.2, 0.25) is 0 Å². The van der Waals surface area contributed by atoms with E-state index in [1.54, 1.807) is 0 Å². The average molecular weight is 271 g/mol. The first-order valence-electron chi connectivity index (χ1n) is 3.62. The van der Waals surface area contributed by atoms with Crippen LogP contribution in [0.25, 0.3) is 0 Å². The number of hydrogen-bond acceptors (Lipinski definition) is 2. The molecule has 1 radical (unpaired) electrons. The summed E-state index contributed by atoms with van der Waals surface area (Å²) in [6, 6.07) is 10.0. The molecule has 0 bridgehead atoms. The smallest absolute Gasteiger partial charge is 0.172 e. The maximum atomic E-state index is 9.02. The van der Waals surface area contributed by atoms with Gasteiger partial charge in [0.05, 0.1) is 0 Å². The Bertz CT molecular complexity index is 263. The predicted molar refractivity (Wildman–Crippen MR) is 56.8 cm³/mol. The van der Waals surface area contributed by atoms with Crippen LogP contribution in [-0.2, 0) is 23.7 Å². The van der Waals surface area contributed by atoms with E-state index in [-0.39, 0.29) is 14.1 Å². The largest absolute Gasteiger partial charge is 0.214 e. The molecule has 0 aliphatic heterocycles. The molecule has 79 valence electrons. The van der Waals surface area contributed by atoms with Crippen molar-refractivity contribution in [1.29, 1.82) is 0 Å². The van der Waals surface area contributed by atoms with Gasteiger partial charge < -0.3 is 0 Å². The van der Waals surface area contributed by atoms with E-state index in [0.717, 1.165) is 0 Å². The van der Waals surface area contributed by atoms with E-state index in [1.165, 1.54) is 9.57 Å².